The zero-order chi connectivity index (χ0) is 14.3. The van der Waals surface area contributed by atoms with E-state index in [1.54, 1.807) is 24.3 Å². The van der Waals surface area contributed by atoms with Crippen LogP contribution in [0.5, 0.6) is 0 Å². The molecule has 5 nitrogen and oxygen atoms in total. The van der Waals surface area contributed by atoms with Crippen LogP contribution < -0.4 is 5.32 Å². The fourth-order valence-corrected chi connectivity index (χ4v) is 2.51. The molecule has 0 atom stereocenters. The lowest BCUT2D eigenvalue weighted by Gasteiger charge is -2.37. The fourth-order valence-electron chi connectivity index (χ4n) is 2.33. The maximum Gasteiger partial charge on any atom is 0.329 e. The number of hydrogen-bond acceptors (Lipinski definition) is 3. The molecule has 2 aromatic rings. The second-order valence-corrected chi connectivity index (χ2v) is 5.42. The summed E-state index contributed by atoms with van der Waals surface area (Å²) in [5, 5.41) is 13.0. The summed E-state index contributed by atoms with van der Waals surface area (Å²) in [4.78, 5) is 23.3. The highest BCUT2D eigenvalue weighted by atomic mass is 35.5. The monoisotopic (exact) mass is 293 g/mol. The van der Waals surface area contributed by atoms with Gasteiger partial charge in [-0.25, -0.2) is 4.79 Å². The number of carboxylic acid groups (broad SMARTS) is 1. The van der Waals surface area contributed by atoms with Crippen molar-refractivity contribution in [3.05, 3.63) is 35.0 Å². The van der Waals surface area contributed by atoms with Gasteiger partial charge in [0.25, 0.3) is 5.91 Å². The lowest BCUT2D eigenvalue weighted by Crippen LogP contribution is -2.59. The van der Waals surface area contributed by atoms with E-state index in [-0.39, 0.29) is 5.76 Å². The van der Waals surface area contributed by atoms with Crippen molar-refractivity contribution in [2.24, 2.45) is 0 Å². The largest absolute Gasteiger partial charge is 0.480 e. The lowest BCUT2D eigenvalue weighted by molar-refractivity contribution is -0.148. The van der Waals surface area contributed by atoms with Crippen molar-refractivity contribution in [3.8, 4) is 0 Å². The Bertz CT molecular complexity index is 702. The summed E-state index contributed by atoms with van der Waals surface area (Å²) in [6, 6.07) is 6.59. The summed E-state index contributed by atoms with van der Waals surface area (Å²) in [7, 11) is 0. The number of carbonyl (C=O) groups is 2. The van der Waals surface area contributed by atoms with Crippen molar-refractivity contribution in [3.63, 3.8) is 0 Å². The second-order valence-electron chi connectivity index (χ2n) is 4.99. The highest BCUT2D eigenvalue weighted by Gasteiger charge is 2.46. The van der Waals surface area contributed by atoms with Crippen LogP contribution in [-0.2, 0) is 4.79 Å². The maximum absolute atomic E-state index is 12.1. The van der Waals surface area contributed by atoms with Gasteiger partial charge in [-0.15, -0.1) is 0 Å². The Morgan fingerprint density at radius 2 is 2.05 bits per heavy atom. The SMILES string of the molecule is O=C(NC1(C(=O)O)CCC1)c1cc2cc(Cl)ccc2o1. The number of amides is 1. The van der Waals surface area contributed by atoms with Crippen LogP contribution >= 0.6 is 11.6 Å². The number of benzene rings is 1. The molecule has 1 fully saturated rings. The van der Waals surface area contributed by atoms with Crippen molar-refractivity contribution in [2.75, 3.05) is 0 Å². The molecule has 0 aliphatic heterocycles. The predicted molar refractivity (Wildman–Crippen MR) is 72.9 cm³/mol. The summed E-state index contributed by atoms with van der Waals surface area (Å²) < 4.78 is 5.42. The average Bonchev–Trinajstić information content (AvgIpc) is 2.75. The molecule has 104 valence electrons. The number of rotatable bonds is 3. The molecule has 1 aromatic carbocycles. The third-order valence-corrected chi connectivity index (χ3v) is 3.91. The molecule has 0 bridgehead atoms. The van der Waals surface area contributed by atoms with Gasteiger partial charge in [0.05, 0.1) is 0 Å². The van der Waals surface area contributed by atoms with Crippen molar-refractivity contribution < 1.29 is 19.1 Å². The number of carboxylic acids is 1. The summed E-state index contributed by atoms with van der Waals surface area (Å²) in [5.74, 6) is -1.43. The Balaban J connectivity index is 1.87. The van der Waals surface area contributed by atoms with E-state index >= 15 is 0 Å². The highest BCUT2D eigenvalue weighted by Crippen LogP contribution is 2.32. The number of carbonyl (C=O) groups excluding carboxylic acids is 1. The van der Waals surface area contributed by atoms with E-state index in [0.717, 1.165) is 6.42 Å². The molecule has 1 aliphatic carbocycles. The first kappa shape index (κ1) is 13.0. The number of furan rings is 1. The molecular formula is C14H12ClNO4. The van der Waals surface area contributed by atoms with Crippen LogP contribution in [0.25, 0.3) is 11.0 Å². The Morgan fingerprint density at radius 1 is 1.30 bits per heavy atom. The third-order valence-electron chi connectivity index (χ3n) is 3.67. The molecular weight excluding hydrogens is 282 g/mol. The molecule has 1 aromatic heterocycles. The number of hydrogen-bond donors (Lipinski definition) is 2. The van der Waals surface area contributed by atoms with Gasteiger partial charge in [-0.1, -0.05) is 11.6 Å². The molecule has 0 radical (unpaired) electrons. The van der Waals surface area contributed by atoms with Gasteiger partial charge in [-0.2, -0.15) is 0 Å². The Kier molecular flexibility index (Phi) is 2.94. The van der Waals surface area contributed by atoms with Gasteiger partial charge in [-0.05, 0) is 43.5 Å². The van der Waals surface area contributed by atoms with E-state index in [9.17, 15) is 14.7 Å². The molecule has 0 unspecified atom stereocenters. The summed E-state index contributed by atoms with van der Waals surface area (Å²) in [6.07, 6.45) is 1.68. The highest BCUT2D eigenvalue weighted by molar-refractivity contribution is 6.31. The van der Waals surface area contributed by atoms with Crippen molar-refractivity contribution in [1.29, 1.82) is 0 Å². The summed E-state index contributed by atoms with van der Waals surface area (Å²) in [6.45, 7) is 0. The molecule has 2 N–H and O–H groups in total. The number of halogens is 1. The van der Waals surface area contributed by atoms with Gasteiger partial charge >= 0.3 is 5.97 Å². The van der Waals surface area contributed by atoms with E-state index in [1.165, 1.54) is 0 Å². The summed E-state index contributed by atoms with van der Waals surface area (Å²) >= 11 is 5.87. The smallest absolute Gasteiger partial charge is 0.329 e. The van der Waals surface area contributed by atoms with Crippen LogP contribution in [0.4, 0.5) is 0 Å². The minimum atomic E-state index is -1.15. The summed E-state index contributed by atoms with van der Waals surface area (Å²) in [5.41, 5.74) is -0.606. The average molecular weight is 294 g/mol. The Labute approximate surface area is 119 Å². The van der Waals surface area contributed by atoms with Crippen LogP contribution in [0.3, 0.4) is 0 Å². The zero-order valence-corrected chi connectivity index (χ0v) is 11.2. The van der Waals surface area contributed by atoms with Gasteiger partial charge in [0, 0.05) is 10.4 Å². The lowest BCUT2D eigenvalue weighted by atomic mass is 9.76. The van der Waals surface area contributed by atoms with Gasteiger partial charge in [0.1, 0.15) is 11.1 Å². The molecule has 0 saturated heterocycles. The van der Waals surface area contributed by atoms with Crippen LogP contribution in [0.1, 0.15) is 29.8 Å². The van der Waals surface area contributed by atoms with Crippen LogP contribution in [0.15, 0.2) is 28.7 Å². The second kappa shape index (κ2) is 4.52. The van der Waals surface area contributed by atoms with Gasteiger partial charge in [0.15, 0.2) is 5.76 Å². The van der Waals surface area contributed by atoms with Crippen molar-refractivity contribution in [1.82, 2.24) is 5.32 Å². The third kappa shape index (κ3) is 2.04. The minimum absolute atomic E-state index is 0.0924. The molecule has 0 spiro atoms. The normalized spacial score (nSPS) is 16.6. The standard InChI is InChI=1S/C14H12ClNO4/c15-9-2-3-10-8(6-9)7-11(20-10)12(17)16-14(13(18)19)4-1-5-14/h2-3,6-7H,1,4-5H2,(H,16,17)(H,18,19). The van der Waals surface area contributed by atoms with E-state index < -0.39 is 17.4 Å². The topological polar surface area (TPSA) is 79.5 Å². The van der Waals surface area contributed by atoms with E-state index in [2.05, 4.69) is 5.32 Å². The van der Waals surface area contributed by atoms with Crippen molar-refractivity contribution >= 4 is 34.4 Å². The molecule has 1 heterocycles. The van der Waals surface area contributed by atoms with E-state index in [0.29, 0.717) is 28.8 Å². The number of nitrogens with one attached hydrogen (secondary N) is 1. The maximum atomic E-state index is 12.1. The van der Waals surface area contributed by atoms with Gasteiger partial charge < -0.3 is 14.8 Å². The van der Waals surface area contributed by atoms with E-state index in [1.807, 2.05) is 0 Å². The minimum Gasteiger partial charge on any atom is -0.480 e. The molecule has 6 heteroatoms. The first-order chi connectivity index (χ1) is 9.50. The number of aliphatic carboxylic acids is 1. The molecule has 1 saturated carbocycles. The van der Waals surface area contributed by atoms with Crippen molar-refractivity contribution in [2.45, 2.75) is 24.8 Å². The quantitative estimate of drug-likeness (QED) is 0.912. The van der Waals surface area contributed by atoms with E-state index in [4.69, 9.17) is 16.0 Å². The Morgan fingerprint density at radius 3 is 2.65 bits per heavy atom. The molecule has 20 heavy (non-hydrogen) atoms. The van der Waals surface area contributed by atoms with Crippen LogP contribution in [0, 0.1) is 0 Å². The van der Waals surface area contributed by atoms with Gasteiger partial charge in [0.2, 0.25) is 0 Å². The van der Waals surface area contributed by atoms with Crippen LogP contribution in [0.2, 0.25) is 5.02 Å². The molecule has 1 amide bonds. The Hall–Kier alpha value is -2.01. The first-order valence-electron chi connectivity index (χ1n) is 6.25. The fraction of sp³-hybridized carbons (Fsp3) is 0.286. The number of fused-ring (bicyclic) bond motifs is 1. The molecule has 1 aliphatic rings. The van der Waals surface area contributed by atoms with Gasteiger partial charge in [-0.3, -0.25) is 4.79 Å². The van der Waals surface area contributed by atoms with Crippen LogP contribution in [-0.4, -0.2) is 22.5 Å². The predicted octanol–water partition coefficient (Wildman–Crippen LogP) is 2.82. The molecule has 3 rings (SSSR count). The zero-order valence-electron chi connectivity index (χ0n) is 10.5. The first-order valence-corrected chi connectivity index (χ1v) is 6.63.